The van der Waals surface area contributed by atoms with Gasteiger partial charge in [0.25, 0.3) is 0 Å². The molecule has 2 N–H and O–H groups in total. The third-order valence-electron chi connectivity index (χ3n) is 3.42. The van der Waals surface area contributed by atoms with Gasteiger partial charge in [-0.3, -0.25) is 0 Å². The lowest BCUT2D eigenvalue weighted by atomic mass is 10.1. The van der Waals surface area contributed by atoms with Crippen LogP contribution >= 0.6 is 0 Å². The molecule has 1 unspecified atom stereocenters. The maximum Gasteiger partial charge on any atom is 0.319 e. The molecule has 2 amide bonds. The summed E-state index contributed by atoms with van der Waals surface area (Å²) in [5.41, 5.74) is 1.03. The standard InChI is InChI=1S/C18H20F2N2O2/c1-13(14-6-3-2-4-7-14)24-11-5-10-21-18(23)22-17-9-8-15(19)12-16(17)20/h2-4,6-9,12-13H,5,10-11H2,1H3,(H2,21,22,23). The molecular weight excluding hydrogens is 314 g/mol. The highest BCUT2D eigenvalue weighted by Crippen LogP contribution is 2.16. The van der Waals surface area contributed by atoms with Gasteiger partial charge in [0.1, 0.15) is 11.6 Å². The molecule has 0 bridgehead atoms. The zero-order chi connectivity index (χ0) is 17.4. The zero-order valence-electron chi connectivity index (χ0n) is 13.4. The van der Waals surface area contributed by atoms with Crippen molar-refractivity contribution in [3.8, 4) is 0 Å². The average molecular weight is 334 g/mol. The van der Waals surface area contributed by atoms with Crippen molar-refractivity contribution in [3.63, 3.8) is 0 Å². The molecule has 0 aliphatic heterocycles. The second kappa shape index (κ2) is 8.98. The molecule has 2 aromatic rings. The number of amides is 2. The summed E-state index contributed by atoms with van der Waals surface area (Å²) in [4.78, 5) is 11.6. The van der Waals surface area contributed by atoms with Crippen LogP contribution in [0.4, 0.5) is 19.3 Å². The number of anilines is 1. The van der Waals surface area contributed by atoms with Gasteiger partial charge in [-0.15, -0.1) is 0 Å². The van der Waals surface area contributed by atoms with E-state index >= 15 is 0 Å². The van der Waals surface area contributed by atoms with Gasteiger partial charge in [0, 0.05) is 19.2 Å². The molecule has 24 heavy (non-hydrogen) atoms. The highest BCUT2D eigenvalue weighted by Gasteiger charge is 2.08. The lowest BCUT2D eigenvalue weighted by molar-refractivity contribution is 0.0644. The van der Waals surface area contributed by atoms with Crippen LogP contribution in [0.1, 0.15) is 25.0 Å². The van der Waals surface area contributed by atoms with E-state index in [0.29, 0.717) is 25.6 Å². The summed E-state index contributed by atoms with van der Waals surface area (Å²) in [6, 6.07) is 12.3. The van der Waals surface area contributed by atoms with E-state index in [0.717, 1.165) is 11.6 Å². The van der Waals surface area contributed by atoms with Crippen molar-refractivity contribution in [2.45, 2.75) is 19.4 Å². The molecule has 2 rings (SSSR count). The molecule has 4 nitrogen and oxygen atoms in total. The number of hydrogen-bond donors (Lipinski definition) is 2. The molecule has 1 atom stereocenters. The van der Waals surface area contributed by atoms with E-state index in [1.807, 2.05) is 37.3 Å². The molecule has 0 fully saturated rings. The Hall–Kier alpha value is -2.47. The van der Waals surface area contributed by atoms with Crippen molar-refractivity contribution in [2.24, 2.45) is 0 Å². The highest BCUT2D eigenvalue weighted by molar-refractivity contribution is 5.89. The largest absolute Gasteiger partial charge is 0.374 e. The third kappa shape index (κ3) is 5.62. The minimum Gasteiger partial charge on any atom is -0.374 e. The van der Waals surface area contributed by atoms with Crippen molar-refractivity contribution >= 4 is 11.7 Å². The van der Waals surface area contributed by atoms with Gasteiger partial charge < -0.3 is 15.4 Å². The summed E-state index contributed by atoms with van der Waals surface area (Å²) in [5, 5.41) is 4.93. The number of urea groups is 1. The second-order valence-electron chi connectivity index (χ2n) is 5.28. The molecule has 6 heteroatoms. The molecule has 0 radical (unpaired) electrons. The Bertz CT molecular complexity index is 665. The molecular formula is C18H20F2N2O2. The fourth-order valence-corrected chi connectivity index (χ4v) is 2.11. The van der Waals surface area contributed by atoms with Crippen molar-refractivity contribution in [2.75, 3.05) is 18.5 Å². The van der Waals surface area contributed by atoms with Gasteiger partial charge in [0.05, 0.1) is 11.8 Å². The van der Waals surface area contributed by atoms with Crippen molar-refractivity contribution < 1.29 is 18.3 Å². The maximum absolute atomic E-state index is 13.4. The number of rotatable bonds is 7. The number of carbonyl (C=O) groups excluding carboxylic acids is 1. The maximum atomic E-state index is 13.4. The molecule has 128 valence electrons. The number of ether oxygens (including phenoxy) is 1. The van der Waals surface area contributed by atoms with Crippen molar-refractivity contribution in [1.29, 1.82) is 0 Å². The van der Waals surface area contributed by atoms with E-state index in [-0.39, 0.29) is 11.8 Å². The van der Waals surface area contributed by atoms with Crippen LogP contribution in [0, 0.1) is 11.6 Å². The molecule has 0 spiro atoms. The van der Waals surface area contributed by atoms with E-state index in [9.17, 15) is 13.6 Å². The first-order valence-corrected chi connectivity index (χ1v) is 7.72. The smallest absolute Gasteiger partial charge is 0.319 e. The first kappa shape index (κ1) is 17.9. The van der Waals surface area contributed by atoms with E-state index in [2.05, 4.69) is 10.6 Å². The predicted molar refractivity (Wildman–Crippen MR) is 88.8 cm³/mol. The number of halogens is 2. The Balaban J connectivity index is 1.64. The van der Waals surface area contributed by atoms with Gasteiger partial charge >= 0.3 is 6.03 Å². The molecule has 0 aromatic heterocycles. The monoisotopic (exact) mass is 334 g/mol. The number of nitrogens with one attached hydrogen (secondary N) is 2. The zero-order valence-corrected chi connectivity index (χ0v) is 13.4. The van der Waals surface area contributed by atoms with Gasteiger partial charge in [0.15, 0.2) is 0 Å². The summed E-state index contributed by atoms with van der Waals surface area (Å²) < 4.78 is 31.9. The van der Waals surface area contributed by atoms with Crippen LogP contribution < -0.4 is 10.6 Å². The number of benzene rings is 2. The number of carbonyl (C=O) groups is 1. The van der Waals surface area contributed by atoms with E-state index in [4.69, 9.17) is 4.74 Å². The fourth-order valence-electron chi connectivity index (χ4n) is 2.11. The van der Waals surface area contributed by atoms with Crippen LogP contribution in [-0.2, 0) is 4.74 Å². The minimum absolute atomic E-state index is 0.0201. The SMILES string of the molecule is CC(OCCCNC(=O)Nc1ccc(F)cc1F)c1ccccc1. The molecule has 0 saturated carbocycles. The topological polar surface area (TPSA) is 50.4 Å². The van der Waals surface area contributed by atoms with Crippen LogP contribution in [0.5, 0.6) is 0 Å². The van der Waals surface area contributed by atoms with Crippen LogP contribution in [0.3, 0.4) is 0 Å². The van der Waals surface area contributed by atoms with Crippen LogP contribution in [0.2, 0.25) is 0 Å². The fraction of sp³-hybridized carbons (Fsp3) is 0.278. The predicted octanol–water partition coefficient (Wildman–Crippen LogP) is 4.25. The Labute approximate surface area is 139 Å². The summed E-state index contributed by atoms with van der Waals surface area (Å²) in [6.45, 7) is 2.84. The molecule has 0 aliphatic rings. The van der Waals surface area contributed by atoms with Gasteiger partial charge in [-0.1, -0.05) is 30.3 Å². The summed E-state index contributed by atoms with van der Waals surface area (Å²) >= 11 is 0. The molecule has 2 aromatic carbocycles. The first-order valence-electron chi connectivity index (χ1n) is 7.72. The third-order valence-corrected chi connectivity index (χ3v) is 3.42. The van der Waals surface area contributed by atoms with Gasteiger partial charge in [-0.2, -0.15) is 0 Å². The van der Waals surface area contributed by atoms with Gasteiger partial charge in [-0.25, -0.2) is 13.6 Å². The van der Waals surface area contributed by atoms with E-state index < -0.39 is 17.7 Å². The van der Waals surface area contributed by atoms with Crippen LogP contribution in [0.25, 0.3) is 0 Å². The normalized spacial score (nSPS) is 11.8. The van der Waals surface area contributed by atoms with E-state index in [1.165, 1.54) is 6.07 Å². The molecule has 0 heterocycles. The Morgan fingerprint density at radius 2 is 1.92 bits per heavy atom. The summed E-state index contributed by atoms with van der Waals surface area (Å²) in [7, 11) is 0. The van der Waals surface area contributed by atoms with Crippen molar-refractivity contribution in [1.82, 2.24) is 5.32 Å². The van der Waals surface area contributed by atoms with Gasteiger partial charge in [0.2, 0.25) is 0 Å². The first-order chi connectivity index (χ1) is 11.6. The lowest BCUT2D eigenvalue weighted by Crippen LogP contribution is -2.30. The van der Waals surface area contributed by atoms with E-state index in [1.54, 1.807) is 0 Å². The molecule has 0 saturated heterocycles. The summed E-state index contributed by atoms with van der Waals surface area (Å²) in [6.07, 6.45) is 0.601. The van der Waals surface area contributed by atoms with Gasteiger partial charge in [-0.05, 0) is 31.0 Å². The average Bonchev–Trinajstić information content (AvgIpc) is 2.57. The Morgan fingerprint density at radius 3 is 2.62 bits per heavy atom. The summed E-state index contributed by atoms with van der Waals surface area (Å²) in [5.74, 6) is -1.51. The van der Waals surface area contributed by atoms with Crippen molar-refractivity contribution in [3.05, 3.63) is 65.7 Å². The van der Waals surface area contributed by atoms with Crippen LogP contribution in [-0.4, -0.2) is 19.2 Å². The molecule has 0 aliphatic carbocycles. The second-order valence-corrected chi connectivity index (χ2v) is 5.28. The van der Waals surface area contributed by atoms with Crippen LogP contribution in [0.15, 0.2) is 48.5 Å². The lowest BCUT2D eigenvalue weighted by Gasteiger charge is -2.13. The highest BCUT2D eigenvalue weighted by atomic mass is 19.1. The number of hydrogen-bond acceptors (Lipinski definition) is 2. The quantitative estimate of drug-likeness (QED) is 0.744. The Kier molecular flexibility index (Phi) is 6.69. The Morgan fingerprint density at radius 1 is 1.17 bits per heavy atom. The minimum atomic E-state index is -0.815.